The van der Waals surface area contributed by atoms with E-state index >= 15 is 0 Å². The van der Waals surface area contributed by atoms with E-state index in [9.17, 15) is 0 Å². The number of nitrogens with zero attached hydrogens (tertiary/aromatic N) is 4. The zero-order chi connectivity index (χ0) is 41.4. The van der Waals surface area contributed by atoms with Crippen LogP contribution in [0.3, 0.4) is 0 Å². The highest BCUT2D eigenvalue weighted by Gasteiger charge is 2.24. The van der Waals surface area contributed by atoms with Crippen LogP contribution in [-0.4, -0.2) is 8.80 Å². The average Bonchev–Trinajstić information content (AvgIpc) is 4.01. The van der Waals surface area contributed by atoms with Crippen LogP contribution in [0.1, 0.15) is 22.3 Å². The molecule has 0 aliphatic rings. The minimum absolute atomic E-state index is 1.15. The third-order valence-corrected chi connectivity index (χ3v) is 13.4. The highest BCUT2D eigenvalue weighted by atomic mass is 15.2. The molecule has 0 amide bonds. The molecule has 0 aliphatic heterocycles. The van der Waals surface area contributed by atoms with E-state index in [-0.39, 0.29) is 0 Å². The number of aryl methyl sites for hydroxylation is 4. The van der Waals surface area contributed by atoms with Crippen molar-refractivity contribution >= 4 is 110 Å². The SMILES string of the molecule is Cc1ccc(N(c2ccccc2)c2ccc3c(c2)c2cccc4c5cc6c(cc5n3c24)c2cccc3c4cc(N(c5ccccc5)c5ccc(C)cc5C)ccc4n6c32)c(C)c1. The van der Waals surface area contributed by atoms with Crippen LogP contribution in [0.15, 0.2) is 182 Å². The minimum Gasteiger partial charge on any atom is -0.310 e. The van der Waals surface area contributed by atoms with Crippen LogP contribution in [-0.2, 0) is 0 Å². The van der Waals surface area contributed by atoms with Gasteiger partial charge in [-0.05, 0) is 124 Å². The molecule has 4 aromatic heterocycles. The van der Waals surface area contributed by atoms with E-state index in [1.54, 1.807) is 0 Å². The van der Waals surface area contributed by atoms with Crippen molar-refractivity contribution in [3.63, 3.8) is 0 Å². The van der Waals surface area contributed by atoms with Crippen LogP contribution in [0.4, 0.5) is 34.1 Å². The maximum Gasteiger partial charge on any atom is 0.0620 e. The molecule has 0 saturated heterocycles. The summed E-state index contributed by atoms with van der Waals surface area (Å²) in [6, 6.07) is 67.7. The first-order valence-electron chi connectivity index (χ1n) is 21.6. The summed E-state index contributed by atoms with van der Waals surface area (Å²) in [5, 5.41) is 10.2. The van der Waals surface area contributed by atoms with E-state index < -0.39 is 0 Å². The van der Waals surface area contributed by atoms with E-state index in [0.29, 0.717) is 0 Å². The molecule has 4 heteroatoms. The van der Waals surface area contributed by atoms with Crippen LogP contribution in [0.25, 0.3) is 76.2 Å². The number of anilines is 6. The first-order valence-corrected chi connectivity index (χ1v) is 21.6. The molecule has 9 aromatic carbocycles. The van der Waals surface area contributed by atoms with Crippen molar-refractivity contribution in [2.45, 2.75) is 27.7 Å². The second-order valence-corrected chi connectivity index (χ2v) is 17.3. The fraction of sp³-hybridized carbons (Fsp3) is 0.0690. The number of rotatable bonds is 6. The Bertz CT molecular complexity index is 3650. The molecular formula is C58H42N4. The first kappa shape index (κ1) is 35.0. The fourth-order valence-electron chi connectivity index (χ4n) is 10.8. The molecule has 4 heterocycles. The van der Waals surface area contributed by atoms with Crippen LogP contribution >= 0.6 is 0 Å². The summed E-state index contributed by atoms with van der Waals surface area (Å²) in [4.78, 5) is 4.80. The molecule has 0 saturated carbocycles. The summed E-state index contributed by atoms with van der Waals surface area (Å²) >= 11 is 0. The molecule has 294 valence electrons. The van der Waals surface area contributed by atoms with Crippen molar-refractivity contribution in [1.82, 2.24) is 8.80 Å². The van der Waals surface area contributed by atoms with Crippen molar-refractivity contribution in [1.29, 1.82) is 0 Å². The zero-order valence-corrected chi connectivity index (χ0v) is 35.1. The minimum atomic E-state index is 1.15. The fourth-order valence-corrected chi connectivity index (χ4v) is 10.8. The molecule has 4 nitrogen and oxygen atoms in total. The van der Waals surface area contributed by atoms with Crippen molar-refractivity contribution in [3.8, 4) is 0 Å². The van der Waals surface area contributed by atoms with Gasteiger partial charge in [0.25, 0.3) is 0 Å². The largest absolute Gasteiger partial charge is 0.310 e. The smallest absolute Gasteiger partial charge is 0.0620 e. The van der Waals surface area contributed by atoms with Crippen molar-refractivity contribution < 1.29 is 0 Å². The van der Waals surface area contributed by atoms with Gasteiger partial charge in [0.15, 0.2) is 0 Å². The lowest BCUT2D eigenvalue weighted by atomic mass is 10.0. The lowest BCUT2D eigenvalue weighted by molar-refractivity contribution is 1.24. The van der Waals surface area contributed by atoms with Gasteiger partial charge in [-0.1, -0.05) is 108 Å². The molecule has 0 bridgehead atoms. The molecule has 13 rings (SSSR count). The van der Waals surface area contributed by atoms with Gasteiger partial charge < -0.3 is 18.6 Å². The summed E-state index contributed by atoms with van der Waals surface area (Å²) in [7, 11) is 0. The predicted octanol–water partition coefficient (Wildman–Crippen LogP) is 16.2. The van der Waals surface area contributed by atoms with Gasteiger partial charge in [-0.2, -0.15) is 0 Å². The molecule has 0 unspecified atom stereocenters. The lowest BCUT2D eigenvalue weighted by Gasteiger charge is -2.27. The molecular weight excluding hydrogens is 753 g/mol. The molecule has 0 N–H and O–H groups in total. The van der Waals surface area contributed by atoms with Crippen LogP contribution < -0.4 is 9.80 Å². The summed E-state index contributed by atoms with van der Waals surface area (Å²) < 4.78 is 5.04. The summed E-state index contributed by atoms with van der Waals surface area (Å²) in [6.07, 6.45) is 0. The summed E-state index contributed by atoms with van der Waals surface area (Å²) in [5.41, 5.74) is 19.5. The van der Waals surface area contributed by atoms with Crippen LogP contribution in [0.2, 0.25) is 0 Å². The van der Waals surface area contributed by atoms with E-state index in [4.69, 9.17) is 0 Å². The Hall–Kier alpha value is -7.82. The topological polar surface area (TPSA) is 15.3 Å². The van der Waals surface area contributed by atoms with Gasteiger partial charge in [-0.15, -0.1) is 0 Å². The Kier molecular flexibility index (Phi) is 7.25. The second-order valence-electron chi connectivity index (χ2n) is 17.3. The number of para-hydroxylation sites is 4. The molecule has 0 radical (unpaired) electrons. The van der Waals surface area contributed by atoms with Gasteiger partial charge in [0.1, 0.15) is 0 Å². The van der Waals surface area contributed by atoms with Crippen LogP contribution in [0, 0.1) is 27.7 Å². The number of benzene rings is 9. The van der Waals surface area contributed by atoms with Crippen molar-refractivity contribution in [2.75, 3.05) is 9.80 Å². The zero-order valence-electron chi connectivity index (χ0n) is 35.1. The van der Waals surface area contributed by atoms with Gasteiger partial charge in [0, 0.05) is 77.2 Å². The Morgan fingerprint density at radius 1 is 0.290 bits per heavy atom. The van der Waals surface area contributed by atoms with Gasteiger partial charge in [0.2, 0.25) is 0 Å². The lowest BCUT2D eigenvalue weighted by Crippen LogP contribution is -2.11. The highest BCUT2D eigenvalue weighted by molar-refractivity contribution is 6.29. The maximum atomic E-state index is 2.52. The Labute approximate surface area is 359 Å². The maximum absolute atomic E-state index is 2.52. The van der Waals surface area contributed by atoms with E-state index in [0.717, 1.165) is 22.7 Å². The second kappa shape index (κ2) is 12.8. The van der Waals surface area contributed by atoms with E-state index in [2.05, 4.69) is 228 Å². The normalized spacial score (nSPS) is 12.2. The first-order chi connectivity index (χ1) is 30.4. The van der Waals surface area contributed by atoms with Crippen LogP contribution in [0.5, 0.6) is 0 Å². The Morgan fingerprint density at radius 2 is 0.677 bits per heavy atom. The van der Waals surface area contributed by atoms with E-state index in [1.807, 2.05) is 0 Å². The monoisotopic (exact) mass is 794 g/mol. The number of hydrogen-bond donors (Lipinski definition) is 0. The van der Waals surface area contributed by atoms with Gasteiger partial charge >= 0.3 is 0 Å². The van der Waals surface area contributed by atoms with Gasteiger partial charge in [-0.3, -0.25) is 0 Å². The van der Waals surface area contributed by atoms with Crippen molar-refractivity contribution in [2.24, 2.45) is 0 Å². The molecule has 0 fully saturated rings. The standard InChI is InChI=1S/C58H42N4/c1-35-21-25-51(37(3)29-35)59(39-13-7-5-8-14-39)41-23-27-53-47(31-41)43-17-11-19-45-49-34-56-50(33-55(49)61(53)57(43)45)46-20-12-18-44-48-32-42(24-28-54(48)62(56)58(44)46)60(40-15-9-6-10-16-40)52-26-22-36(2)30-38(52)4/h5-34H,1-4H3. The summed E-state index contributed by atoms with van der Waals surface area (Å²) in [5.74, 6) is 0. The third-order valence-electron chi connectivity index (χ3n) is 13.4. The Balaban J connectivity index is 1.03. The number of fused-ring (bicyclic) bond motifs is 12. The molecule has 0 atom stereocenters. The third kappa shape index (κ3) is 4.83. The van der Waals surface area contributed by atoms with E-state index in [1.165, 1.54) is 110 Å². The molecule has 13 aromatic rings. The average molecular weight is 795 g/mol. The Morgan fingerprint density at radius 3 is 1.06 bits per heavy atom. The molecule has 0 spiro atoms. The number of aromatic nitrogens is 2. The molecule has 62 heavy (non-hydrogen) atoms. The van der Waals surface area contributed by atoms with Gasteiger partial charge in [-0.25, -0.2) is 0 Å². The van der Waals surface area contributed by atoms with Gasteiger partial charge in [0.05, 0.1) is 33.1 Å². The number of hydrogen-bond acceptors (Lipinski definition) is 2. The quantitative estimate of drug-likeness (QED) is 0.167. The van der Waals surface area contributed by atoms with Crippen molar-refractivity contribution in [3.05, 3.63) is 204 Å². The predicted molar refractivity (Wildman–Crippen MR) is 264 cm³/mol. The highest BCUT2D eigenvalue weighted by Crippen LogP contribution is 2.47. The molecule has 0 aliphatic carbocycles. The summed E-state index contributed by atoms with van der Waals surface area (Å²) in [6.45, 7) is 8.76.